The van der Waals surface area contributed by atoms with Crippen LogP contribution in [0.3, 0.4) is 0 Å². The number of aliphatic imine (C=N–C) groups is 1. The van der Waals surface area contributed by atoms with Gasteiger partial charge in [0.2, 0.25) is 0 Å². The van der Waals surface area contributed by atoms with E-state index in [1.165, 1.54) is 28.3 Å². The van der Waals surface area contributed by atoms with Crippen molar-refractivity contribution in [3.63, 3.8) is 0 Å². The predicted octanol–water partition coefficient (Wildman–Crippen LogP) is 4.46. The van der Waals surface area contributed by atoms with E-state index >= 15 is 0 Å². The summed E-state index contributed by atoms with van der Waals surface area (Å²) in [5.41, 5.74) is 5.53. The van der Waals surface area contributed by atoms with Gasteiger partial charge >= 0.3 is 0 Å². The molecule has 0 amide bonds. The van der Waals surface area contributed by atoms with Crippen LogP contribution >= 0.6 is 11.8 Å². The lowest BCUT2D eigenvalue weighted by atomic mass is 10.0. The summed E-state index contributed by atoms with van der Waals surface area (Å²) in [4.78, 5) is 4.39. The van der Waals surface area contributed by atoms with Crippen molar-refractivity contribution in [2.24, 2.45) is 4.99 Å². The Morgan fingerprint density at radius 3 is 2.00 bits per heavy atom. The Kier molecular flexibility index (Phi) is 5.23. The summed E-state index contributed by atoms with van der Waals surface area (Å²) in [5.74, 6) is 0. The van der Waals surface area contributed by atoms with Crippen molar-refractivity contribution in [1.82, 2.24) is 0 Å². The van der Waals surface area contributed by atoms with E-state index in [2.05, 4.69) is 56.9 Å². The van der Waals surface area contributed by atoms with Crippen molar-refractivity contribution >= 4 is 24.9 Å². The summed E-state index contributed by atoms with van der Waals surface area (Å²) in [6, 6.07) is 5.96. The van der Waals surface area contributed by atoms with Crippen LogP contribution < -0.4 is 0 Å². The molecule has 0 aliphatic rings. The first-order chi connectivity index (χ1) is 8.28. The average Bonchev–Trinajstić information content (AvgIpc) is 2.20. The molecule has 0 N–H and O–H groups in total. The molecule has 0 saturated carbocycles. The number of benzene rings is 1. The minimum Gasteiger partial charge on any atom is -0.281 e. The van der Waals surface area contributed by atoms with E-state index in [-0.39, 0.29) is 0 Å². The number of aryl methyl sites for hydroxylation is 2. The van der Waals surface area contributed by atoms with E-state index in [1.54, 1.807) is 11.8 Å². The zero-order valence-electron chi connectivity index (χ0n) is 12.7. The largest absolute Gasteiger partial charge is 0.281 e. The normalized spacial score (nSPS) is 12.9. The Hall–Kier alpha value is -0.543. The molecule has 0 unspecified atom stereocenters. The van der Waals surface area contributed by atoms with E-state index in [1.807, 2.05) is 7.05 Å². The Balaban J connectivity index is 3.21. The quantitative estimate of drug-likeness (QED) is 0.452. The molecule has 3 heteroatoms. The molecule has 1 nitrogen and oxygen atoms in total. The molecular weight excluding hydrogens is 254 g/mol. The van der Waals surface area contributed by atoms with Gasteiger partial charge in [-0.25, -0.2) is 0 Å². The van der Waals surface area contributed by atoms with E-state index in [0.29, 0.717) is 0 Å². The van der Waals surface area contributed by atoms with Gasteiger partial charge in [-0.2, -0.15) is 0 Å². The smallest absolute Gasteiger partial charge is 0.0976 e. The zero-order valence-corrected chi connectivity index (χ0v) is 14.5. The third-order valence-corrected chi connectivity index (χ3v) is 5.18. The van der Waals surface area contributed by atoms with Crippen LogP contribution in [-0.2, 0) is 6.04 Å². The van der Waals surface area contributed by atoms with Crippen LogP contribution in [0.25, 0.3) is 0 Å². The fourth-order valence-corrected chi connectivity index (χ4v) is 4.55. The van der Waals surface area contributed by atoms with Crippen LogP contribution in [0.1, 0.15) is 22.3 Å². The highest BCUT2D eigenvalue weighted by Gasteiger charge is 2.16. The minimum atomic E-state index is -1.04. The lowest BCUT2D eigenvalue weighted by Gasteiger charge is -2.19. The first-order valence-corrected chi connectivity index (χ1v) is 11.3. The highest BCUT2D eigenvalue weighted by molar-refractivity contribution is 8.13. The molecule has 100 valence electrons. The molecule has 0 radical (unpaired) electrons. The molecular formula is C15H25NSSi. The van der Waals surface area contributed by atoms with Crippen molar-refractivity contribution in [1.29, 1.82) is 0 Å². The van der Waals surface area contributed by atoms with Crippen molar-refractivity contribution in [2.75, 3.05) is 13.3 Å². The summed E-state index contributed by atoms with van der Waals surface area (Å²) < 4.78 is 0. The van der Waals surface area contributed by atoms with Gasteiger partial charge in [-0.15, -0.1) is 11.8 Å². The van der Waals surface area contributed by atoms with Gasteiger partial charge in [-0.3, -0.25) is 4.99 Å². The van der Waals surface area contributed by atoms with Crippen LogP contribution in [0.15, 0.2) is 17.1 Å². The van der Waals surface area contributed by atoms with E-state index in [0.717, 1.165) is 5.04 Å². The monoisotopic (exact) mass is 279 g/mol. The van der Waals surface area contributed by atoms with Gasteiger partial charge in [0.1, 0.15) is 0 Å². The SMILES string of the molecule is C/N=C(\SC)c1c(C)cc(C[Si](C)(C)C)cc1C. The molecule has 0 spiro atoms. The first kappa shape index (κ1) is 15.5. The maximum Gasteiger partial charge on any atom is 0.0976 e. The third kappa shape index (κ3) is 3.99. The second-order valence-corrected chi connectivity index (χ2v) is 12.3. The number of thioether (sulfide) groups is 1. The number of hydrogen-bond donors (Lipinski definition) is 0. The lowest BCUT2D eigenvalue weighted by molar-refractivity contribution is 1.24. The topological polar surface area (TPSA) is 12.4 Å². The molecule has 0 bridgehead atoms. The Bertz CT molecular complexity index is 435. The minimum absolute atomic E-state index is 1.04. The standard InChI is InChI=1S/C15H25NSSi/c1-11-8-13(10-18(5,6)7)9-12(2)14(11)15(16-3)17-4/h8-9H,10H2,1-7H3/b16-15-. The van der Waals surface area contributed by atoms with Crippen LogP contribution in [0.5, 0.6) is 0 Å². The molecule has 0 aliphatic carbocycles. The van der Waals surface area contributed by atoms with Crippen molar-refractivity contribution in [3.8, 4) is 0 Å². The summed E-state index contributed by atoms with van der Waals surface area (Å²) in [6.45, 7) is 11.7. The molecule has 0 aliphatic heterocycles. The van der Waals surface area contributed by atoms with Crippen LogP contribution in [0.2, 0.25) is 19.6 Å². The van der Waals surface area contributed by atoms with Gasteiger partial charge in [-0.1, -0.05) is 37.3 Å². The van der Waals surface area contributed by atoms with Gasteiger partial charge in [0.05, 0.1) is 5.04 Å². The fourth-order valence-electron chi connectivity index (χ4n) is 2.41. The van der Waals surface area contributed by atoms with Gasteiger partial charge in [0.15, 0.2) is 0 Å². The van der Waals surface area contributed by atoms with Crippen molar-refractivity contribution < 1.29 is 0 Å². The fraction of sp³-hybridized carbons (Fsp3) is 0.533. The van der Waals surface area contributed by atoms with Gasteiger partial charge < -0.3 is 0 Å². The Labute approximate surface area is 117 Å². The molecule has 1 aromatic carbocycles. The van der Waals surface area contributed by atoms with Crippen LogP contribution in [0, 0.1) is 13.8 Å². The van der Waals surface area contributed by atoms with Gasteiger partial charge in [0.25, 0.3) is 0 Å². The maximum absolute atomic E-state index is 4.39. The molecule has 0 heterocycles. The van der Waals surface area contributed by atoms with Crippen LogP contribution in [0.4, 0.5) is 0 Å². The number of nitrogens with zero attached hydrogens (tertiary/aromatic N) is 1. The Morgan fingerprint density at radius 1 is 1.17 bits per heavy atom. The summed E-state index contributed by atoms with van der Waals surface area (Å²) in [7, 11) is 0.835. The molecule has 0 atom stereocenters. The van der Waals surface area contributed by atoms with Gasteiger partial charge in [-0.05, 0) is 37.3 Å². The number of rotatable bonds is 3. The highest BCUT2D eigenvalue weighted by atomic mass is 32.2. The average molecular weight is 280 g/mol. The predicted molar refractivity (Wildman–Crippen MR) is 88.9 cm³/mol. The van der Waals surface area contributed by atoms with E-state index in [9.17, 15) is 0 Å². The van der Waals surface area contributed by atoms with Crippen molar-refractivity contribution in [3.05, 3.63) is 34.4 Å². The third-order valence-electron chi connectivity index (χ3n) is 2.94. The van der Waals surface area contributed by atoms with Crippen molar-refractivity contribution in [2.45, 2.75) is 39.5 Å². The molecule has 0 fully saturated rings. The lowest BCUT2D eigenvalue weighted by Crippen LogP contribution is -2.24. The van der Waals surface area contributed by atoms with Gasteiger partial charge in [0, 0.05) is 20.7 Å². The summed E-state index contributed by atoms with van der Waals surface area (Å²) in [6.07, 6.45) is 2.09. The van der Waals surface area contributed by atoms with Crippen LogP contribution in [-0.4, -0.2) is 26.4 Å². The molecule has 1 rings (SSSR count). The van der Waals surface area contributed by atoms with E-state index in [4.69, 9.17) is 0 Å². The first-order valence-electron chi connectivity index (χ1n) is 6.40. The zero-order chi connectivity index (χ0) is 13.9. The molecule has 1 aromatic rings. The molecule has 0 aromatic heterocycles. The second kappa shape index (κ2) is 6.07. The summed E-state index contributed by atoms with van der Waals surface area (Å²) >= 11 is 1.73. The summed E-state index contributed by atoms with van der Waals surface area (Å²) in [5, 5.41) is 1.14. The van der Waals surface area contributed by atoms with E-state index < -0.39 is 8.07 Å². The Morgan fingerprint density at radius 2 is 1.67 bits per heavy atom. The highest BCUT2D eigenvalue weighted by Crippen LogP contribution is 2.23. The molecule has 0 saturated heterocycles. The number of hydrogen-bond acceptors (Lipinski definition) is 2. The maximum atomic E-state index is 4.39. The second-order valence-electron chi connectivity index (χ2n) is 6.07. The molecule has 18 heavy (non-hydrogen) atoms.